The van der Waals surface area contributed by atoms with Crippen LogP contribution in [0.25, 0.3) is 0 Å². The van der Waals surface area contributed by atoms with Crippen molar-refractivity contribution in [2.75, 3.05) is 17.2 Å². The molecule has 0 unspecified atom stereocenters. The van der Waals surface area contributed by atoms with Crippen molar-refractivity contribution < 1.29 is 9.53 Å². The highest BCUT2D eigenvalue weighted by Crippen LogP contribution is 2.18. The Kier molecular flexibility index (Phi) is 7.43. The maximum atomic E-state index is 12.0. The number of urea groups is 1. The van der Waals surface area contributed by atoms with Gasteiger partial charge in [0.05, 0.1) is 6.61 Å². The van der Waals surface area contributed by atoms with E-state index in [0.717, 1.165) is 18.8 Å². The van der Waals surface area contributed by atoms with Crippen molar-refractivity contribution in [3.63, 3.8) is 0 Å². The van der Waals surface area contributed by atoms with Gasteiger partial charge in [0.25, 0.3) is 0 Å². The summed E-state index contributed by atoms with van der Waals surface area (Å²) in [6, 6.07) is 14.0. The van der Waals surface area contributed by atoms with Crippen molar-refractivity contribution in [2.24, 2.45) is 0 Å². The molecule has 24 heavy (non-hydrogen) atoms. The van der Waals surface area contributed by atoms with Crippen molar-refractivity contribution in [1.82, 2.24) is 0 Å². The van der Waals surface area contributed by atoms with Crippen LogP contribution in [0, 0.1) is 0 Å². The summed E-state index contributed by atoms with van der Waals surface area (Å²) in [6.45, 7) is 2.91. The summed E-state index contributed by atoms with van der Waals surface area (Å²) in [5.74, 6) is 0.812. The smallest absolute Gasteiger partial charge is 0.323 e. The highest BCUT2D eigenvalue weighted by Gasteiger charge is 2.03. The lowest BCUT2D eigenvalue weighted by molar-refractivity contribution is 0.262. The van der Waals surface area contributed by atoms with Crippen molar-refractivity contribution in [1.29, 1.82) is 0 Å². The van der Waals surface area contributed by atoms with E-state index in [1.807, 2.05) is 24.3 Å². The lowest BCUT2D eigenvalue weighted by Gasteiger charge is -2.09. The van der Waals surface area contributed by atoms with E-state index in [4.69, 9.17) is 16.3 Å². The van der Waals surface area contributed by atoms with E-state index >= 15 is 0 Å². The Hall–Kier alpha value is -2.20. The van der Waals surface area contributed by atoms with Crippen LogP contribution in [0.4, 0.5) is 16.2 Å². The molecule has 0 saturated carbocycles. The molecule has 2 aromatic rings. The minimum absolute atomic E-state index is 0.314. The standard InChI is InChI=1S/C19H23ClN2O2/c1-2-3-4-5-13-24-18-11-9-16(10-12-18)21-19(23)22-17-8-6-7-15(20)14-17/h6-12,14H,2-5,13H2,1H3,(H2,21,22,23). The Labute approximate surface area is 148 Å². The van der Waals surface area contributed by atoms with Gasteiger partial charge in [-0.15, -0.1) is 0 Å². The average molecular weight is 347 g/mol. The number of carbonyl (C=O) groups is 1. The van der Waals surface area contributed by atoms with Gasteiger partial charge in [0.15, 0.2) is 0 Å². The summed E-state index contributed by atoms with van der Waals surface area (Å²) in [4.78, 5) is 12.0. The molecule has 0 fully saturated rings. The molecule has 0 saturated heterocycles. The Morgan fingerprint density at radius 3 is 2.46 bits per heavy atom. The highest BCUT2D eigenvalue weighted by atomic mass is 35.5. The van der Waals surface area contributed by atoms with E-state index in [9.17, 15) is 4.79 Å². The maximum Gasteiger partial charge on any atom is 0.323 e. The molecule has 0 aromatic heterocycles. The number of benzene rings is 2. The number of amides is 2. The van der Waals surface area contributed by atoms with E-state index in [-0.39, 0.29) is 6.03 Å². The third-order valence-electron chi connectivity index (χ3n) is 3.46. The molecule has 5 heteroatoms. The topological polar surface area (TPSA) is 50.4 Å². The zero-order valence-electron chi connectivity index (χ0n) is 13.8. The van der Waals surface area contributed by atoms with E-state index in [1.54, 1.807) is 24.3 Å². The molecule has 2 rings (SSSR count). The molecule has 0 heterocycles. The molecule has 0 aliphatic heterocycles. The molecular weight excluding hydrogens is 324 g/mol. The second-order valence-corrected chi connectivity index (χ2v) is 5.96. The van der Waals surface area contributed by atoms with Crippen LogP contribution in [0.2, 0.25) is 5.02 Å². The van der Waals surface area contributed by atoms with Crippen molar-refractivity contribution in [2.45, 2.75) is 32.6 Å². The van der Waals surface area contributed by atoms with Crippen LogP contribution in [-0.4, -0.2) is 12.6 Å². The van der Waals surface area contributed by atoms with Gasteiger partial charge in [-0.2, -0.15) is 0 Å². The first-order valence-corrected chi connectivity index (χ1v) is 8.61. The summed E-state index contributed by atoms with van der Waals surface area (Å²) < 4.78 is 5.68. The largest absolute Gasteiger partial charge is 0.494 e. The van der Waals surface area contributed by atoms with Gasteiger partial charge in [0.2, 0.25) is 0 Å². The molecule has 0 aliphatic carbocycles. The first-order valence-electron chi connectivity index (χ1n) is 8.24. The number of rotatable bonds is 8. The number of nitrogens with one attached hydrogen (secondary N) is 2. The SMILES string of the molecule is CCCCCCOc1ccc(NC(=O)Nc2cccc(Cl)c2)cc1. The molecule has 128 valence electrons. The van der Waals surface area contributed by atoms with Crippen LogP contribution in [0.3, 0.4) is 0 Å². The van der Waals surface area contributed by atoms with Gasteiger partial charge in [-0.25, -0.2) is 4.79 Å². The second-order valence-electron chi connectivity index (χ2n) is 5.52. The molecule has 2 N–H and O–H groups in total. The van der Waals surface area contributed by atoms with Gasteiger partial charge >= 0.3 is 6.03 Å². The van der Waals surface area contributed by atoms with Crippen LogP contribution < -0.4 is 15.4 Å². The Bertz CT molecular complexity index is 644. The van der Waals surface area contributed by atoms with Gasteiger partial charge in [0.1, 0.15) is 5.75 Å². The fraction of sp³-hybridized carbons (Fsp3) is 0.316. The number of unbranched alkanes of at least 4 members (excludes halogenated alkanes) is 3. The predicted octanol–water partition coefficient (Wildman–Crippen LogP) is 5.94. The molecular formula is C19H23ClN2O2. The van der Waals surface area contributed by atoms with Crippen LogP contribution in [0.15, 0.2) is 48.5 Å². The predicted molar refractivity (Wildman–Crippen MR) is 100 cm³/mol. The molecule has 0 spiro atoms. The number of carbonyl (C=O) groups excluding carboxylic acids is 1. The van der Waals surface area contributed by atoms with E-state index in [0.29, 0.717) is 16.4 Å². The zero-order chi connectivity index (χ0) is 17.2. The van der Waals surface area contributed by atoms with Gasteiger partial charge in [-0.3, -0.25) is 0 Å². The summed E-state index contributed by atoms with van der Waals surface area (Å²) >= 11 is 5.89. The minimum atomic E-state index is -0.314. The Morgan fingerprint density at radius 2 is 1.75 bits per heavy atom. The number of halogens is 1. The van der Waals surface area contributed by atoms with E-state index in [1.165, 1.54) is 19.3 Å². The molecule has 0 atom stereocenters. The van der Waals surface area contributed by atoms with Crippen molar-refractivity contribution in [3.8, 4) is 5.75 Å². The van der Waals surface area contributed by atoms with Crippen molar-refractivity contribution >= 4 is 29.0 Å². The first-order chi connectivity index (χ1) is 11.7. The number of ether oxygens (including phenoxy) is 1. The van der Waals surface area contributed by atoms with Crippen molar-refractivity contribution in [3.05, 3.63) is 53.6 Å². The monoisotopic (exact) mass is 346 g/mol. The Balaban J connectivity index is 1.77. The van der Waals surface area contributed by atoms with Crippen LogP contribution in [-0.2, 0) is 0 Å². The molecule has 0 aliphatic rings. The average Bonchev–Trinajstić information content (AvgIpc) is 2.56. The quantitative estimate of drug-likeness (QED) is 0.581. The third-order valence-corrected chi connectivity index (χ3v) is 3.70. The normalized spacial score (nSPS) is 10.2. The third kappa shape index (κ3) is 6.50. The lowest BCUT2D eigenvalue weighted by Crippen LogP contribution is -2.19. The van der Waals surface area contributed by atoms with E-state index in [2.05, 4.69) is 17.6 Å². The molecule has 4 nitrogen and oxygen atoms in total. The minimum Gasteiger partial charge on any atom is -0.494 e. The van der Waals surface area contributed by atoms with E-state index < -0.39 is 0 Å². The van der Waals surface area contributed by atoms with Crippen LogP contribution >= 0.6 is 11.6 Å². The summed E-state index contributed by atoms with van der Waals surface area (Å²) in [6.07, 6.45) is 4.72. The van der Waals surface area contributed by atoms with Crippen LogP contribution in [0.1, 0.15) is 32.6 Å². The Morgan fingerprint density at radius 1 is 1.00 bits per heavy atom. The highest BCUT2D eigenvalue weighted by molar-refractivity contribution is 6.30. The van der Waals surface area contributed by atoms with Gasteiger partial charge < -0.3 is 15.4 Å². The van der Waals surface area contributed by atoms with Gasteiger partial charge in [-0.05, 0) is 48.9 Å². The molecule has 2 aromatic carbocycles. The fourth-order valence-corrected chi connectivity index (χ4v) is 2.40. The number of anilines is 2. The van der Waals surface area contributed by atoms with Gasteiger partial charge in [0, 0.05) is 16.4 Å². The zero-order valence-corrected chi connectivity index (χ0v) is 14.6. The second kappa shape index (κ2) is 9.83. The molecule has 0 bridgehead atoms. The molecule has 2 amide bonds. The fourth-order valence-electron chi connectivity index (χ4n) is 2.21. The lowest BCUT2D eigenvalue weighted by atomic mass is 10.2. The number of hydrogen-bond donors (Lipinski definition) is 2. The number of hydrogen-bond acceptors (Lipinski definition) is 2. The summed E-state index contributed by atoms with van der Waals surface area (Å²) in [5.41, 5.74) is 1.35. The maximum absolute atomic E-state index is 12.0. The summed E-state index contributed by atoms with van der Waals surface area (Å²) in [7, 11) is 0. The van der Waals surface area contributed by atoms with Crippen LogP contribution in [0.5, 0.6) is 5.75 Å². The first kappa shape index (κ1) is 18.1. The van der Waals surface area contributed by atoms with Gasteiger partial charge in [-0.1, -0.05) is 43.9 Å². The summed E-state index contributed by atoms with van der Waals surface area (Å²) in [5, 5.41) is 6.08. The molecule has 0 radical (unpaired) electrons.